The van der Waals surface area contributed by atoms with Crippen molar-refractivity contribution in [2.45, 2.75) is 5.92 Å². The number of hydrogen-bond donors (Lipinski definition) is 0. The van der Waals surface area contributed by atoms with Crippen molar-refractivity contribution in [2.75, 3.05) is 0 Å². The molecule has 0 spiro atoms. The fourth-order valence-electron chi connectivity index (χ4n) is 2.12. The van der Waals surface area contributed by atoms with Crippen LogP contribution in [-0.4, -0.2) is 10.8 Å². The van der Waals surface area contributed by atoms with Gasteiger partial charge in [-0.25, -0.2) is 4.98 Å². The third kappa shape index (κ3) is 3.48. The number of carbonyl (C=O) groups is 1. The van der Waals surface area contributed by atoms with E-state index in [0.29, 0.717) is 15.5 Å². The number of fused-ring (bicyclic) bond motifs is 1. The monoisotopic (exact) mass is 338 g/mol. The average molecular weight is 339 g/mol. The molecule has 1 atom stereocenters. The van der Waals surface area contributed by atoms with Crippen molar-refractivity contribution in [2.24, 2.45) is 0 Å². The topological polar surface area (TPSA) is 53.8 Å². The summed E-state index contributed by atoms with van der Waals surface area (Å²) in [6.45, 7) is 0. The van der Waals surface area contributed by atoms with Gasteiger partial charge in [-0.2, -0.15) is 5.26 Å². The molecule has 0 aliphatic carbocycles. The second-order valence-corrected chi connectivity index (χ2v) is 6.37. The lowest BCUT2D eigenvalue weighted by Crippen LogP contribution is -2.07. The second kappa shape index (κ2) is 6.74. The molecule has 112 valence electrons. The standard InChI is InChI=1S/C18H11ClN2OS/c19-13-7-9-17-15(10-13)21-18(23-17)14(11-20)16(22)8-6-12-4-2-1-3-5-12/h1-10,14H/b8-6+. The van der Waals surface area contributed by atoms with Crippen LogP contribution in [0.4, 0.5) is 0 Å². The van der Waals surface area contributed by atoms with Gasteiger partial charge >= 0.3 is 0 Å². The molecular formula is C18H11ClN2OS. The number of aromatic nitrogens is 1. The third-order valence-corrected chi connectivity index (χ3v) is 4.60. The molecule has 2 aromatic carbocycles. The quantitative estimate of drug-likeness (QED) is 0.639. The van der Waals surface area contributed by atoms with Gasteiger partial charge in [-0.05, 0) is 29.8 Å². The number of carbonyl (C=O) groups excluding carboxylic acids is 1. The minimum Gasteiger partial charge on any atom is -0.293 e. The molecule has 3 rings (SSSR count). The number of halogens is 1. The summed E-state index contributed by atoms with van der Waals surface area (Å²) in [7, 11) is 0. The maximum atomic E-state index is 12.3. The first-order chi connectivity index (χ1) is 11.2. The number of nitriles is 1. The van der Waals surface area contributed by atoms with Crippen LogP contribution in [0.5, 0.6) is 0 Å². The fraction of sp³-hybridized carbons (Fsp3) is 0.0556. The summed E-state index contributed by atoms with van der Waals surface area (Å²) >= 11 is 7.28. The van der Waals surface area contributed by atoms with E-state index in [0.717, 1.165) is 10.3 Å². The molecule has 23 heavy (non-hydrogen) atoms. The number of nitrogens with zero attached hydrogens (tertiary/aromatic N) is 2. The van der Waals surface area contributed by atoms with Gasteiger partial charge in [0.1, 0.15) is 5.01 Å². The van der Waals surface area contributed by atoms with Gasteiger partial charge in [-0.15, -0.1) is 11.3 Å². The van der Waals surface area contributed by atoms with E-state index in [2.05, 4.69) is 4.98 Å². The van der Waals surface area contributed by atoms with Crippen LogP contribution in [0.2, 0.25) is 5.02 Å². The van der Waals surface area contributed by atoms with E-state index in [-0.39, 0.29) is 5.78 Å². The lowest BCUT2D eigenvalue weighted by molar-refractivity contribution is -0.114. The molecule has 3 nitrogen and oxygen atoms in total. The van der Waals surface area contributed by atoms with E-state index in [1.165, 1.54) is 17.4 Å². The average Bonchev–Trinajstić information content (AvgIpc) is 2.97. The molecular weight excluding hydrogens is 328 g/mol. The predicted octanol–water partition coefficient (Wildman–Crippen LogP) is 4.84. The lowest BCUT2D eigenvalue weighted by atomic mass is 10.1. The van der Waals surface area contributed by atoms with Crippen molar-refractivity contribution in [1.29, 1.82) is 5.26 Å². The second-order valence-electron chi connectivity index (χ2n) is 4.87. The molecule has 0 N–H and O–H groups in total. The van der Waals surface area contributed by atoms with Gasteiger partial charge in [0, 0.05) is 5.02 Å². The van der Waals surface area contributed by atoms with E-state index >= 15 is 0 Å². The van der Waals surface area contributed by atoms with Gasteiger partial charge in [0.25, 0.3) is 0 Å². The van der Waals surface area contributed by atoms with E-state index in [9.17, 15) is 10.1 Å². The van der Waals surface area contributed by atoms with E-state index in [4.69, 9.17) is 11.6 Å². The van der Waals surface area contributed by atoms with Crippen molar-refractivity contribution in [3.8, 4) is 6.07 Å². The minimum atomic E-state index is -0.897. The number of ketones is 1. The smallest absolute Gasteiger partial charge is 0.179 e. The first kappa shape index (κ1) is 15.4. The van der Waals surface area contributed by atoms with Crippen LogP contribution < -0.4 is 0 Å². The van der Waals surface area contributed by atoms with Crippen molar-refractivity contribution < 1.29 is 4.79 Å². The molecule has 0 aliphatic heterocycles. The Hall–Kier alpha value is -2.48. The van der Waals surface area contributed by atoms with Gasteiger partial charge in [0.15, 0.2) is 11.7 Å². The summed E-state index contributed by atoms with van der Waals surface area (Å²) in [6.07, 6.45) is 3.14. The van der Waals surface area contributed by atoms with Crippen LogP contribution >= 0.6 is 22.9 Å². The number of hydrogen-bond acceptors (Lipinski definition) is 4. The largest absolute Gasteiger partial charge is 0.293 e. The maximum absolute atomic E-state index is 12.3. The van der Waals surface area contributed by atoms with Crippen LogP contribution in [0.15, 0.2) is 54.6 Å². The highest BCUT2D eigenvalue weighted by molar-refractivity contribution is 7.18. The minimum absolute atomic E-state index is 0.276. The van der Waals surface area contributed by atoms with Gasteiger partial charge < -0.3 is 0 Å². The Morgan fingerprint density at radius 1 is 1.26 bits per heavy atom. The highest BCUT2D eigenvalue weighted by atomic mass is 35.5. The first-order valence-electron chi connectivity index (χ1n) is 6.90. The number of allylic oxidation sites excluding steroid dienone is 1. The molecule has 1 unspecified atom stereocenters. The Kier molecular flexibility index (Phi) is 4.52. The summed E-state index contributed by atoms with van der Waals surface area (Å²) in [6, 6.07) is 16.9. The lowest BCUT2D eigenvalue weighted by Gasteiger charge is -2.00. The number of benzene rings is 2. The molecule has 0 bridgehead atoms. The summed E-state index contributed by atoms with van der Waals surface area (Å²) in [5, 5.41) is 10.4. The van der Waals surface area contributed by atoms with Crippen molar-refractivity contribution in [3.63, 3.8) is 0 Å². The Bertz CT molecular complexity index is 925. The summed E-state index contributed by atoms with van der Waals surface area (Å²) < 4.78 is 0.907. The fourth-order valence-corrected chi connectivity index (χ4v) is 3.29. The van der Waals surface area contributed by atoms with Gasteiger partial charge in [0.2, 0.25) is 0 Å². The van der Waals surface area contributed by atoms with Crippen LogP contribution in [0.1, 0.15) is 16.5 Å². The molecule has 0 saturated heterocycles. The molecule has 0 radical (unpaired) electrons. The van der Waals surface area contributed by atoms with Gasteiger partial charge in [0.05, 0.1) is 16.3 Å². The maximum Gasteiger partial charge on any atom is 0.179 e. The molecule has 5 heteroatoms. The Morgan fingerprint density at radius 3 is 2.78 bits per heavy atom. The molecule has 0 amide bonds. The molecule has 1 heterocycles. The normalized spacial score (nSPS) is 12.3. The van der Waals surface area contributed by atoms with Gasteiger partial charge in [-0.3, -0.25) is 4.79 Å². The molecule has 3 aromatic rings. The third-order valence-electron chi connectivity index (χ3n) is 3.27. The molecule has 0 aliphatic rings. The van der Waals surface area contributed by atoms with Crippen LogP contribution in [0.3, 0.4) is 0 Å². The van der Waals surface area contributed by atoms with Crippen LogP contribution in [0.25, 0.3) is 16.3 Å². The molecule has 1 aromatic heterocycles. The summed E-state index contributed by atoms with van der Waals surface area (Å²) in [5.74, 6) is -1.17. The zero-order valence-corrected chi connectivity index (χ0v) is 13.5. The van der Waals surface area contributed by atoms with Crippen molar-refractivity contribution in [1.82, 2.24) is 4.98 Å². The summed E-state index contributed by atoms with van der Waals surface area (Å²) in [4.78, 5) is 16.7. The molecule has 0 fully saturated rings. The van der Waals surface area contributed by atoms with Crippen LogP contribution in [0, 0.1) is 11.3 Å². The Balaban J connectivity index is 1.87. The van der Waals surface area contributed by atoms with E-state index in [1.807, 2.05) is 42.5 Å². The first-order valence-corrected chi connectivity index (χ1v) is 8.09. The SMILES string of the molecule is N#CC(C(=O)/C=C/c1ccccc1)c1nc2cc(Cl)ccc2s1. The van der Waals surface area contributed by atoms with Crippen molar-refractivity contribution >= 4 is 45.0 Å². The zero-order valence-electron chi connectivity index (χ0n) is 11.9. The van der Waals surface area contributed by atoms with E-state index < -0.39 is 5.92 Å². The number of rotatable bonds is 4. The highest BCUT2D eigenvalue weighted by Crippen LogP contribution is 2.30. The number of thiazole rings is 1. The highest BCUT2D eigenvalue weighted by Gasteiger charge is 2.22. The zero-order chi connectivity index (χ0) is 16.2. The summed E-state index contributed by atoms with van der Waals surface area (Å²) in [5.41, 5.74) is 1.62. The van der Waals surface area contributed by atoms with Crippen LogP contribution in [-0.2, 0) is 4.79 Å². The Morgan fingerprint density at radius 2 is 2.04 bits per heavy atom. The van der Waals surface area contributed by atoms with Gasteiger partial charge in [-0.1, -0.05) is 48.0 Å². The van der Waals surface area contributed by atoms with E-state index in [1.54, 1.807) is 18.2 Å². The Labute approximate surface area is 142 Å². The van der Waals surface area contributed by atoms with Crippen molar-refractivity contribution in [3.05, 3.63) is 70.2 Å². The molecule has 0 saturated carbocycles. The predicted molar refractivity (Wildman–Crippen MR) is 93.5 cm³/mol.